The highest BCUT2D eigenvalue weighted by molar-refractivity contribution is 5.66. The largest absolute Gasteiger partial charge is 0.493 e. The highest BCUT2D eigenvalue weighted by Crippen LogP contribution is 2.41. The number of halogens is 5. The van der Waals surface area contributed by atoms with Crippen LogP contribution in [-0.2, 0) is 4.74 Å². The third-order valence-corrected chi connectivity index (χ3v) is 8.94. The summed E-state index contributed by atoms with van der Waals surface area (Å²) in [7, 11) is 0. The lowest BCUT2D eigenvalue weighted by Crippen LogP contribution is -2.33. The standard InChI is InChI=1S/C34H43F5O2/c1-3-5-6-7-8-26-14-11-24(22-41-26)28-17-18-30(33(37)32(28)36)29-16-15-27(21-31(29)35)40-20-19-34(38,39)25-12-9-23(4-2)10-13-25/h4,15-18,21,23-26H,2-3,5-14,19-20,22H2,1H3. The fourth-order valence-electron chi connectivity index (χ4n) is 6.26. The molecule has 226 valence electrons. The van der Waals surface area contributed by atoms with Crippen molar-refractivity contribution in [2.75, 3.05) is 13.2 Å². The first-order valence-electron chi connectivity index (χ1n) is 15.3. The molecule has 2 aromatic rings. The highest BCUT2D eigenvalue weighted by atomic mass is 19.3. The van der Waals surface area contributed by atoms with E-state index in [1.807, 2.05) is 6.08 Å². The minimum atomic E-state index is -2.87. The number of rotatable bonds is 13. The van der Waals surface area contributed by atoms with Crippen molar-refractivity contribution in [3.05, 3.63) is 66.0 Å². The van der Waals surface area contributed by atoms with Crippen LogP contribution in [0, 0.1) is 29.3 Å². The average molecular weight is 579 g/mol. The molecule has 2 nitrogen and oxygen atoms in total. The molecule has 1 aliphatic carbocycles. The number of hydrogen-bond donors (Lipinski definition) is 0. The second-order valence-corrected chi connectivity index (χ2v) is 11.8. The van der Waals surface area contributed by atoms with E-state index in [0.717, 1.165) is 25.3 Å². The second-order valence-electron chi connectivity index (χ2n) is 11.8. The lowest BCUT2D eigenvalue weighted by molar-refractivity contribution is -0.0863. The number of ether oxygens (including phenoxy) is 2. The molecule has 0 amide bonds. The van der Waals surface area contributed by atoms with Crippen LogP contribution in [0.15, 0.2) is 43.0 Å². The van der Waals surface area contributed by atoms with Crippen molar-refractivity contribution >= 4 is 0 Å². The minimum absolute atomic E-state index is 0.0681. The molecular weight excluding hydrogens is 535 g/mol. The summed E-state index contributed by atoms with van der Waals surface area (Å²) < 4.78 is 86.0. The van der Waals surface area contributed by atoms with Crippen LogP contribution in [-0.4, -0.2) is 25.2 Å². The van der Waals surface area contributed by atoms with Crippen LogP contribution in [0.1, 0.15) is 95.5 Å². The van der Waals surface area contributed by atoms with Crippen LogP contribution in [0.4, 0.5) is 22.0 Å². The molecule has 1 aliphatic heterocycles. The molecular formula is C34H43F5O2. The van der Waals surface area contributed by atoms with Crippen molar-refractivity contribution in [2.24, 2.45) is 11.8 Å². The van der Waals surface area contributed by atoms with Gasteiger partial charge in [0.1, 0.15) is 11.6 Å². The van der Waals surface area contributed by atoms with E-state index in [9.17, 15) is 13.2 Å². The van der Waals surface area contributed by atoms with Crippen molar-refractivity contribution in [2.45, 2.75) is 102 Å². The topological polar surface area (TPSA) is 18.5 Å². The van der Waals surface area contributed by atoms with Gasteiger partial charge in [0.25, 0.3) is 5.92 Å². The quantitative estimate of drug-likeness (QED) is 0.134. The van der Waals surface area contributed by atoms with E-state index >= 15 is 8.78 Å². The normalized spacial score (nSPS) is 23.4. The number of alkyl halides is 2. The Labute approximate surface area is 241 Å². The van der Waals surface area contributed by atoms with Gasteiger partial charge in [-0.2, -0.15) is 0 Å². The number of benzene rings is 2. The first kappa shape index (κ1) is 31.5. The summed E-state index contributed by atoms with van der Waals surface area (Å²) in [6, 6.07) is 6.63. The molecule has 0 radical (unpaired) electrons. The summed E-state index contributed by atoms with van der Waals surface area (Å²) in [5.41, 5.74) is -0.0610. The molecule has 0 bridgehead atoms. The molecule has 1 saturated carbocycles. The zero-order valence-electron chi connectivity index (χ0n) is 24.1. The van der Waals surface area contributed by atoms with E-state index in [4.69, 9.17) is 9.47 Å². The second kappa shape index (κ2) is 14.7. The molecule has 41 heavy (non-hydrogen) atoms. The molecule has 0 N–H and O–H groups in total. The van der Waals surface area contributed by atoms with Crippen LogP contribution in [0.3, 0.4) is 0 Å². The summed E-state index contributed by atoms with van der Waals surface area (Å²) in [5, 5.41) is 0. The van der Waals surface area contributed by atoms with Crippen molar-refractivity contribution in [1.82, 2.24) is 0 Å². The molecule has 2 aliphatic rings. The Morgan fingerprint density at radius 2 is 1.68 bits per heavy atom. The van der Waals surface area contributed by atoms with E-state index in [1.54, 1.807) is 0 Å². The Kier molecular flexibility index (Phi) is 11.3. The third-order valence-electron chi connectivity index (χ3n) is 8.94. The molecule has 4 rings (SSSR count). The molecule has 2 fully saturated rings. The summed E-state index contributed by atoms with van der Waals surface area (Å²) >= 11 is 0. The number of allylic oxidation sites excluding steroid dienone is 1. The Balaban J connectivity index is 1.32. The molecule has 0 spiro atoms. The maximum atomic E-state index is 15.2. The fourth-order valence-corrected chi connectivity index (χ4v) is 6.26. The van der Waals surface area contributed by atoms with Crippen LogP contribution in [0.2, 0.25) is 0 Å². The Morgan fingerprint density at radius 3 is 2.34 bits per heavy atom. The first-order chi connectivity index (χ1) is 19.7. The van der Waals surface area contributed by atoms with Crippen molar-refractivity contribution < 1.29 is 31.4 Å². The van der Waals surface area contributed by atoms with Crippen LogP contribution in [0.25, 0.3) is 11.1 Å². The van der Waals surface area contributed by atoms with E-state index in [-0.39, 0.29) is 41.1 Å². The van der Waals surface area contributed by atoms with E-state index in [1.165, 1.54) is 43.5 Å². The maximum Gasteiger partial charge on any atom is 0.254 e. The van der Waals surface area contributed by atoms with Crippen LogP contribution in [0.5, 0.6) is 5.75 Å². The molecule has 0 aromatic heterocycles. The molecule has 7 heteroatoms. The lowest BCUT2D eigenvalue weighted by atomic mass is 9.78. The van der Waals surface area contributed by atoms with Crippen LogP contribution >= 0.6 is 0 Å². The molecule has 2 aromatic carbocycles. The predicted octanol–water partition coefficient (Wildman–Crippen LogP) is 10.4. The van der Waals surface area contributed by atoms with E-state index < -0.39 is 35.7 Å². The van der Waals surface area contributed by atoms with E-state index in [0.29, 0.717) is 44.6 Å². The van der Waals surface area contributed by atoms with Crippen LogP contribution < -0.4 is 4.74 Å². The summed E-state index contributed by atoms with van der Waals surface area (Å²) in [6.07, 6.45) is 11.0. The van der Waals surface area contributed by atoms with Crippen molar-refractivity contribution in [3.63, 3.8) is 0 Å². The summed E-state index contributed by atoms with van der Waals surface area (Å²) in [4.78, 5) is 0. The highest BCUT2D eigenvalue weighted by Gasteiger charge is 2.40. The van der Waals surface area contributed by atoms with Gasteiger partial charge in [0.15, 0.2) is 11.6 Å². The summed E-state index contributed by atoms with van der Waals surface area (Å²) in [5.74, 6) is -6.35. The van der Waals surface area contributed by atoms with Gasteiger partial charge < -0.3 is 9.47 Å². The lowest BCUT2D eigenvalue weighted by Gasteiger charge is -2.32. The predicted molar refractivity (Wildman–Crippen MR) is 153 cm³/mol. The van der Waals surface area contributed by atoms with Gasteiger partial charge in [-0.15, -0.1) is 6.58 Å². The van der Waals surface area contributed by atoms with Gasteiger partial charge in [-0.3, -0.25) is 0 Å². The van der Waals surface area contributed by atoms with Gasteiger partial charge in [-0.05, 0) is 68.6 Å². The SMILES string of the molecule is C=CC1CCC(C(F)(F)CCOc2ccc(-c3ccc(C4CCC(CCCCCC)OC4)c(F)c3F)c(F)c2)CC1. The molecule has 1 heterocycles. The summed E-state index contributed by atoms with van der Waals surface area (Å²) in [6.45, 7) is 5.99. The molecule has 2 atom stereocenters. The van der Waals surface area contributed by atoms with Gasteiger partial charge in [-0.25, -0.2) is 22.0 Å². The third kappa shape index (κ3) is 8.12. The fraction of sp³-hybridized carbons (Fsp3) is 0.588. The minimum Gasteiger partial charge on any atom is -0.493 e. The Morgan fingerprint density at radius 1 is 0.927 bits per heavy atom. The number of hydrogen-bond acceptors (Lipinski definition) is 2. The first-order valence-corrected chi connectivity index (χ1v) is 15.3. The zero-order valence-corrected chi connectivity index (χ0v) is 24.1. The molecule has 1 saturated heterocycles. The average Bonchev–Trinajstić information content (AvgIpc) is 2.97. The van der Waals surface area contributed by atoms with Gasteiger partial charge in [0.05, 0.1) is 19.3 Å². The Bertz CT molecular complexity index is 1130. The van der Waals surface area contributed by atoms with E-state index in [2.05, 4.69) is 13.5 Å². The monoisotopic (exact) mass is 578 g/mol. The zero-order chi connectivity index (χ0) is 29.4. The Hall–Kier alpha value is -2.41. The van der Waals surface area contributed by atoms with Gasteiger partial charge >= 0.3 is 0 Å². The van der Waals surface area contributed by atoms with Gasteiger partial charge in [-0.1, -0.05) is 50.8 Å². The number of unbranched alkanes of at least 4 members (excludes halogenated alkanes) is 3. The van der Waals surface area contributed by atoms with Crippen molar-refractivity contribution in [1.29, 1.82) is 0 Å². The smallest absolute Gasteiger partial charge is 0.254 e. The molecule has 2 unspecified atom stereocenters. The maximum absolute atomic E-state index is 15.2. The van der Waals surface area contributed by atoms with Gasteiger partial charge in [0.2, 0.25) is 0 Å². The van der Waals surface area contributed by atoms with Crippen molar-refractivity contribution in [3.8, 4) is 16.9 Å². The van der Waals surface area contributed by atoms with Gasteiger partial charge in [0, 0.05) is 35.4 Å².